The molecule has 7 nitrogen and oxygen atoms in total. The molecule has 0 bridgehead atoms. The molecule has 2 aliphatic rings. The molecule has 202 valence electrons. The van der Waals surface area contributed by atoms with Crippen molar-refractivity contribution in [2.45, 2.75) is 26.8 Å². The highest BCUT2D eigenvalue weighted by Gasteiger charge is 2.41. The van der Waals surface area contributed by atoms with Crippen molar-refractivity contribution in [1.82, 2.24) is 9.78 Å². The summed E-state index contributed by atoms with van der Waals surface area (Å²) in [4.78, 5) is 12.7. The van der Waals surface area contributed by atoms with Crippen molar-refractivity contribution < 1.29 is 4.74 Å². The van der Waals surface area contributed by atoms with Gasteiger partial charge in [-0.1, -0.05) is 59.7 Å². The van der Waals surface area contributed by atoms with Crippen molar-refractivity contribution >= 4 is 34.6 Å². The standard InChI is InChI=1S/C34H30N6O/c1-21-12-16-25(17-13-21)35-32-34-37-33-30(23(3)38-40(33)26-18-14-22(2)15-19-26)31(24-8-7-9-27(20-24)41-4)39(34)29-11-6-5-10-28(29)36-32/h5-20,31H,1-4H3,(H,35,36)/t31-/m1/s1. The summed E-state index contributed by atoms with van der Waals surface area (Å²) < 4.78 is 7.61. The Kier molecular flexibility index (Phi) is 5.93. The summed E-state index contributed by atoms with van der Waals surface area (Å²) in [5.41, 5.74) is 9.21. The van der Waals surface area contributed by atoms with Crippen LogP contribution in [0, 0.1) is 20.8 Å². The largest absolute Gasteiger partial charge is 0.497 e. The number of anilines is 2. The number of hydrogen-bond acceptors (Lipinski definition) is 6. The third-order valence-electron chi connectivity index (χ3n) is 7.64. The lowest BCUT2D eigenvalue weighted by Crippen LogP contribution is -2.46. The average Bonchev–Trinajstić information content (AvgIpc) is 3.33. The lowest BCUT2D eigenvalue weighted by molar-refractivity contribution is 0.414. The van der Waals surface area contributed by atoms with Crippen LogP contribution in [0.4, 0.5) is 22.9 Å². The van der Waals surface area contributed by atoms with Gasteiger partial charge in [-0.15, -0.1) is 0 Å². The number of aliphatic imine (C=N–C) groups is 2. The lowest BCUT2D eigenvalue weighted by atomic mass is 9.93. The molecule has 0 saturated carbocycles. The van der Waals surface area contributed by atoms with Gasteiger partial charge in [-0.05, 0) is 74.9 Å². The van der Waals surface area contributed by atoms with E-state index < -0.39 is 0 Å². The molecule has 41 heavy (non-hydrogen) atoms. The van der Waals surface area contributed by atoms with Gasteiger partial charge in [0.1, 0.15) is 5.75 Å². The Bertz CT molecular complexity index is 1830. The fourth-order valence-electron chi connectivity index (χ4n) is 5.56. The van der Waals surface area contributed by atoms with Crippen molar-refractivity contribution in [2.75, 3.05) is 17.3 Å². The summed E-state index contributed by atoms with van der Waals surface area (Å²) in [6.07, 6.45) is 0. The third-order valence-corrected chi connectivity index (χ3v) is 7.64. The predicted octanol–water partition coefficient (Wildman–Crippen LogP) is 7.60. The molecular weight excluding hydrogens is 508 g/mol. The average molecular weight is 539 g/mol. The van der Waals surface area contributed by atoms with Crippen molar-refractivity contribution in [3.8, 4) is 11.4 Å². The Morgan fingerprint density at radius 1 is 0.780 bits per heavy atom. The van der Waals surface area contributed by atoms with Gasteiger partial charge in [0.05, 0.1) is 35.9 Å². The number of para-hydroxylation sites is 2. The van der Waals surface area contributed by atoms with Crippen LogP contribution in [-0.4, -0.2) is 28.6 Å². The van der Waals surface area contributed by atoms with E-state index in [2.05, 4.69) is 97.7 Å². The van der Waals surface area contributed by atoms with E-state index in [1.165, 1.54) is 11.1 Å². The van der Waals surface area contributed by atoms with E-state index in [9.17, 15) is 0 Å². The first kappa shape index (κ1) is 24.8. The zero-order valence-electron chi connectivity index (χ0n) is 23.5. The molecule has 5 aromatic rings. The molecule has 3 heterocycles. The second kappa shape index (κ2) is 9.78. The van der Waals surface area contributed by atoms with Crippen molar-refractivity contribution in [3.63, 3.8) is 0 Å². The number of methoxy groups -OCH3 is 1. The zero-order chi connectivity index (χ0) is 28.1. The molecule has 0 unspecified atom stereocenters. The molecule has 0 fully saturated rings. The quantitative estimate of drug-likeness (QED) is 0.256. The Morgan fingerprint density at radius 3 is 2.27 bits per heavy atom. The Hall–Kier alpha value is -5.17. The van der Waals surface area contributed by atoms with Gasteiger partial charge in [0.2, 0.25) is 0 Å². The number of nitrogens with zero attached hydrogens (tertiary/aromatic N) is 5. The van der Waals surface area contributed by atoms with Crippen LogP contribution in [0.2, 0.25) is 0 Å². The number of amidine groups is 2. The molecule has 1 aromatic heterocycles. The van der Waals surface area contributed by atoms with E-state index in [1.807, 2.05) is 35.0 Å². The molecule has 0 spiro atoms. The summed E-state index contributed by atoms with van der Waals surface area (Å²) in [7, 11) is 1.70. The van der Waals surface area contributed by atoms with E-state index in [0.717, 1.165) is 57.0 Å². The van der Waals surface area contributed by atoms with Crippen LogP contribution < -0.4 is 15.0 Å². The minimum absolute atomic E-state index is 0.210. The second-order valence-electron chi connectivity index (χ2n) is 10.5. The number of aromatic nitrogens is 2. The van der Waals surface area contributed by atoms with Crippen LogP contribution in [0.1, 0.15) is 34.0 Å². The predicted molar refractivity (Wildman–Crippen MR) is 166 cm³/mol. The number of rotatable bonds is 4. The molecule has 0 aliphatic carbocycles. The summed E-state index contributed by atoms with van der Waals surface area (Å²) in [6, 6.07) is 32.9. The van der Waals surface area contributed by atoms with Crippen LogP contribution in [0.5, 0.6) is 5.75 Å². The van der Waals surface area contributed by atoms with Crippen molar-refractivity contribution in [1.29, 1.82) is 0 Å². The van der Waals surface area contributed by atoms with Gasteiger partial charge in [0.25, 0.3) is 0 Å². The van der Waals surface area contributed by atoms with Crippen LogP contribution >= 0.6 is 0 Å². The second-order valence-corrected chi connectivity index (χ2v) is 10.5. The van der Waals surface area contributed by atoms with Gasteiger partial charge < -0.3 is 15.0 Å². The fourth-order valence-corrected chi connectivity index (χ4v) is 5.56. The molecular formula is C34H30N6O. The van der Waals surface area contributed by atoms with Crippen LogP contribution in [0.15, 0.2) is 107 Å². The Morgan fingerprint density at radius 2 is 1.51 bits per heavy atom. The minimum Gasteiger partial charge on any atom is -0.497 e. The van der Waals surface area contributed by atoms with Gasteiger partial charge in [-0.25, -0.2) is 14.7 Å². The van der Waals surface area contributed by atoms with Crippen LogP contribution in [0.3, 0.4) is 0 Å². The minimum atomic E-state index is -0.210. The Balaban J connectivity index is 1.49. The molecule has 4 aromatic carbocycles. The first-order valence-corrected chi connectivity index (χ1v) is 13.7. The number of ether oxygens (including phenoxy) is 1. The van der Waals surface area contributed by atoms with E-state index in [0.29, 0.717) is 5.84 Å². The van der Waals surface area contributed by atoms with Crippen LogP contribution in [-0.2, 0) is 0 Å². The number of benzene rings is 4. The maximum atomic E-state index is 5.66. The van der Waals surface area contributed by atoms with E-state index in [1.54, 1.807) is 7.11 Å². The topological polar surface area (TPSA) is 67.0 Å². The highest BCUT2D eigenvalue weighted by atomic mass is 16.5. The van der Waals surface area contributed by atoms with E-state index >= 15 is 0 Å². The maximum Gasteiger partial charge on any atom is 0.179 e. The molecule has 1 N–H and O–H groups in total. The Labute approximate surface area is 239 Å². The van der Waals surface area contributed by atoms with Gasteiger partial charge in [0.15, 0.2) is 17.5 Å². The summed E-state index contributed by atoms with van der Waals surface area (Å²) in [5.74, 6) is 3.01. The van der Waals surface area contributed by atoms with Gasteiger partial charge in [-0.3, -0.25) is 0 Å². The number of aryl methyl sites for hydroxylation is 3. The first-order chi connectivity index (χ1) is 20.0. The third kappa shape index (κ3) is 4.26. The summed E-state index contributed by atoms with van der Waals surface area (Å²) >= 11 is 0. The van der Waals surface area contributed by atoms with Crippen molar-refractivity contribution in [2.24, 2.45) is 9.98 Å². The van der Waals surface area contributed by atoms with Gasteiger partial charge in [0, 0.05) is 11.3 Å². The smallest absolute Gasteiger partial charge is 0.179 e. The number of nitrogens with one attached hydrogen (secondary N) is 1. The molecule has 7 heteroatoms. The number of fused-ring (bicyclic) bond motifs is 4. The normalized spacial score (nSPS) is 15.3. The molecule has 1 atom stereocenters. The molecule has 2 aliphatic heterocycles. The highest BCUT2D eigenvalue weighted by Crippen LogP contribution is 2.48. The molecule has 0 amide bonds. The van der Waals surface area contributed by atoms with Crippen LogP contribution in [0.25, 0.3) is 5.69 Å². The molecule has 0 saturated heterocycles. The molecule has 7 rings (SSSR count). The zero-order valence-corrected chi connectivity index (χ0v) is 23.5. The fraction of sp³-hybridized carbons (Fsp3) is 0.147. The van der Waals surface area contributed by atoms with Gasteiger partial charge >= 0.3 is 0 Å². The highest BCUT2D eigenvalue weighted by molar-refractivity contribution is 6.51. The molecule has 0 radical (unpaired) electrons. The van der Waals surface area contributed by atoms with E-state index in [-0.39, 0.29) is 6.04 Å². The number of hydrogen-bond donors (Lipinski definition) is 1. The summed E-state index contributed by atoms with van der Waals surface area (Å²) in [5, 5.41) is 8.60. The summed E-state index contributed by atoms with van der Waals surface area (Å²) in [6.45, 7) is 6.23. The van der Waals surface area contributed by atoms with E-state index in [4.69, 9.17) is 19.8 Å². The lowest BCUT2D eigenvalue weighted by Gasteiger charge is -2.40. The van der Waals surface area contributed by atoms with Crippen molar-refractivity contribution in [3.05, 3.63) is 125 Å². The monoisotopic (exact) mass is 538 g/mol. The first-order valence-electron chi connectivity index (χ1n) is 13.7. The van der Waals surface area contributed by atoms with Gasteiger partial charge in [-0.2, -0.15) is 5.10 Å². The SMILES string of the molecule is COc1cccc([C@@H]2c3c(C)nn(-c4ccc(C)cc4)c3N=C3C(Nc4ccc(C)cc4)=Nc4ccccc4N32)c1. The maximum absolute atomic E-state index is 5.66.